The highest BCUT2D eigenvalue weighted by atomic mass is 79.9. The first-order chi connectivity index (χ1) is 13.1. The zero-order valence-corrected chi connectivity index (χ0v) is 17.6. The summed E-state index contributed by atoms with van der Waals surface area (Å²) in [6.07, 6.45) is 2.66. The highest BCUT2D eigenvalue weighted by molar-refractivity contribution is 9.10. The molecule has 0 radical (unpaired) electrons. The van der Waals surface area contributed by atoms with Crippen molar-refractivity contribution in [2.24, 2.45) is 5.10 Å². The molecule has 2 aromatic carbocycles. The molecule has 2 aromatic rings. The summed E-state index contributed by atoms with van der Waals surface area (Å²) in [5.41, 5.74) is 4.96. The lowest BCUT2D eigenvalue weighted by molar-refractivity contribution is 0.292. The van der Waals surface area contributed by atoms with Gasteiger partial charge in [0.25, 0.3) is 0 Å². The van der Waals surface area contributed by atoms with Crippen LogP contribution in [0.2, 0.25) is 0 Å². The molecule has 0 saturated carbocycles. The Kier molecular flexibility index (Phi) is 8.26. The highest BCUT2D eigenvalue weighted by Gasteiger charge is 2.11. The number of methoxy groups -OCH3 is 3. The van der Waals surface area contributed by atoms with E-state index in [0.717, 1.165) is 22.0 Å². The molecular weight excluding hydrogens is 412 g/mol. The zero-order chi connectivity index (χ0) is 19.6. The van der Waals surface area contributed by atoms with Crippen LogP contribution in [-0.4, -0.2) is 34.2 Å². The van der Waals surface area contributed by atoms with Crippen LogP contribution in [0.25, 0.3) is 0 Å². The van der Waals surface area contributed by atoms with Crippen molar-refractivity contribution < 1.29 is 18.9 Å². The average Bonchev–Trinajstić information content (AvgIpc) is 2.69. The van der Waals surface area contributed by atoms with Gasteiger partial charge in [0.05, 0.1) is 45.2 Å². The molecule has 0 amide bonds. The van der Waals surface area contributed by atoms with Gasteiger partial charge >= 0.3 is 0 Å². The number of rotatable bonds is 10. The van der Waals surface area contributed by atoms with Crippen LogP contribution in [0.5, 0.6) is 23.0 Å². The number of hydrogen-bond acceptors (Lipinski definition) is 6. The Bertz CT molecular complexity index is 781. The lowest BCUT2D eigenvalue weighted by Gasteiger charge is -2.12. The van der Waals surface area contributed by atoms with Crippen molar-refractivity contribution in [3.63, 3.8) is 0 Å². The lowest BCUT2D eigenvalue weighted by Crippen LogP contribution is -2.06. The minimum atomic E-state index is 0.562. The van der Waals surface area contributed by atoms with Crippen molar-refractivity contribution in [1.82, 2.24) is 5.43 Å². The van der Waals surface area contributed by atoms with Crippen molar-refractivity contribution in [1.29, 1.82) is 0 Å². The van der Waals surface area contributed by atoms with Gasteiger partial charge in [0.15, 0.2) is 23.0 Å². The minimum absolute atomic E-state index is 0.562. The van der Waals surface area contributed by atoms with E-state index < -0.39 is 0 Å². The first-order valence-corrected chi connectivity index (χ1v) is 9.39. The summed E-state index contributed by atoms with van der Waals surface area (Å²) in [6.45, 7) is 3.26. The Morgan fingerprint density at radius 1 is 1.00 bits per heavy atom. The predicted molar refractivity (Wildman–Crippen MR) is 110 cm³/mol. The molecule has 0 aliphatic carbocycles. The average molecular weight is 437 g/mol. The molecule has 7 heteroatoms. The molecule has 0 aliphatic heterocycles. The third-order valence-electron chi connectivity index (χ3n) is 3.74. The van der Waals surface area contributed by atoms with E-state index in [1.165, 1.54) is 0 Å². The van der Waals surface area contributed by atoms with Crippen LogP contribution in [0.4, 0.5) is 0 Å². The minimum Gasteiger partial charge on any atom is -0.493 e. The maximum absolute atomic E-state index is 5.73. The van der Waals surface area contributed by atoms with E-state index in [-0.39, 0.29) is 0 Å². The molecule has 0 atom stereocenters. The Morgan fingerprint density at radius 3 is 2.41 bits per heavy atom. The molecule has 0 aromatic heterocycles. The van der Waals surface area contributed by atoms with Crippen LogP contribution < -0.4 is 24.4 Å². The fraction of sp³-hybridized carbons (Fsp3) is 0.350. The van der Waals surface area contributed by atoms with E-state index in [4.69, 9.17) is 18.9 Å². The summed E-state index contributed by atoms with van der Waals surface area (Å²) in [5.74, 6) is 2.76. The second-order valence-electron chi connectivity index (χ2n) is 5.66. The fourth-order valence-corrected chi connectivity index (χ4v) is 2.98. The van der Waals surface area contributed by atoms with Crippen LogP contribution in [0.3, 0.4) is 0 Å². The molecule has 0 saturated heterocycles. The number of halogens is 1. The Labute approximate surface area is 168 Å². The summed E-state index contributed by atoms with van der Waals surface area (Å²) < 4.78 is 22.5. The molecule has 2 rings (SSSR count). The zero-order valence-electron chi connectivity index (χ0n) is 16.0. The third-order valence-corrected chi connectivity index (χ3v) is 4.33. The fourth-order valence-electron chi connectivity index (χ4n) is 2.41. The number of nitrogens with one attached hydrogen (secondary N) is 1. The van der Waals surface area contributed by atoms with Gasteiger partial charge in [0, 0.05) is 0 Å². The van der Waals surface area contributed by atoms with E-state index in [9.17, 15) is 0 Å². The van der Waals surface area contributed by atoms with Gasteiger partial charge in [0.1, 0.15) is 0 Å². The van der Waals surface area contributed by atoms with Gasteiger partial charge in [-0.3, -0.25) is 0 Å². The summed E-state index contributed by atoms with van der Waals surface area (Å²) in [5, 5.41) is 4.28. The number of ether oxygens (including phenoxy) is 4. The quantitative estimate of drug-likeness (QED) is 0.442. The van der Waals surface area contributed by atoms with Crippen molar-refractivity contribution in [2.45, 2.75) is 19.9 Å². The van der Waals surface area contributed by atoms with Gasteiger partial charge in [-0.1, -0.05) is 13.0 Å². The molecule has 6 nitrogen and oxygen atoms in total. The Morgan fingerprint density at radius 2 is 1.74 bits per heavy atom. The topological polar surface area (TPSA) is 61.3 Å². The molecule has 27 heavy (non-hydrogen) atoms. The molecule has 0 unspecified atom stereocenters. The molecule has 0 fully saturated rings. The monoisotopic (exact) mass is 436 g/mol. The lowest BCUT2D eigenvalue weighted by atomic mass is 10.2. The molecular formula is C20H25BrN2O4. The summed E-state index contributed by atoms with van der Waals surface area (Å²) in [7, 11) is 4.86. The molecule has 0 bridgehead atoms. The SMILES string of the molecule is CCCOc1c(Br)cc(/C=N/NCc2ccc(OC)c(OC)c2)cc1OC. The number of hydrogen-bond donors (Lipinski definition) is 1. The van der Waals surface area contributed by atoms with Crippen molar-refractivity contribution in [3.8, 4) is 23.0 Å². The van der Waals surface area contributed by atoms with Gasteiger partial charge in [-0.2, -0.15) is 5.10 Å². The third kappa shape index (κ3) is 5.79. The maximum Gasteiger partial charge on any atom is 0.175 e. The maximum atomic E-state index is 5.73. The predicted octanol–water partition coefficient (Wildman–Crippen LogP) is 4.39. The summed E-state index contributed by atoms with van der Waals surface area (Å²) in [4.78, 5) is 0. The van der Waals surface area contributed by atoms with Gasteiger partial charge in [-0.25, -0.2) is 0 Å². The van der Waals surface area contributed by atoms with Crippen LogP contribution in [0.1, 0.15) is 24.5 Å². The van der Waals surface area contributed by atoms with E-state index in [2.05, 4.69) is 33.4 Å². The first kappa shape index (κ1) is 20.9. The van der Waals surface area contributed by atoms with Crippen LogP contribution >= 0.6 is 15.9 Å². The van der Waals surface area contributed by atoms with E-state index in [1.807, 2.05) is 30.3 Å². The van der Waals surface area contributed by atoms with E-state index >= 15 is 0 Å². The smallest absolute Gasteiger partial charge is 0.175 e. The van der Waals surface area contributed by atoms with E-state index in [0.29, 0.717) is 36.1 Å². The second kappa shape index (κ2) is 10.7. The Hall–Kier alpha value is -2.41. The number of benzene rings is 2. The Balaban J connectivity index is 2.03. The van der Waals surface area contributed by atoms with Gasteiger partial charge in [-0.05, 0) is 57.7 Å². The number of nitrogens with zero attached hydrogens (tertiary/aromatic N) is 1. The largest absolute Gasteiger partial charge is 0.493 e. The highest BCUT2D eigenvalue weighted by Crippen LogP contribution is 2.36. The molecule has 0 heterocycles. The molecule has 1 N–H and O–H groups in total. The normalized spacial score (nSPS) is 10.7. The first-order valence-electron chi connectivity index (χ1n) is 8.60. The number of hydrazone groups is 1. The van der Waals surface area contributed by atoms with Crippen molar-refractivity contribution >= 4 is 22.1 Å². The van der Waals surface area contributed by atoms with Crippen LogP contribution in [0.15, 0.2) is 39.9 Å². The summed E-state index contributed by atoms with van der Waals surface area (Å²) in [6, 6.07) is 9.58. The molecule has 0 aliphatic rings. The second-order valence-corrected chi connectivity index (χ2v) is 6.52. The van der Waals surface area contributed by atoms with Crippen LogP contribution in [-0.2, 0) is 6.54 Å². The van der Waals surface area contributed by atoms with Gasteiger partial charge in [0.2, 0.25) is 0 Å². The van der Waals surface area contributed by atoms with Crippen LogP contribution in [0, 0.1) is 0 Å². The standard InChI is InChI=1S/C20H25BrN2O4/c1-5-8-27-20-16(21)9-15(11-19(20)26-4)13-23-22-12-14-6-7-17(24-2)18(10-14)25-3/h6-7,9-11,13,22H,5,8,12H2,1-4H3/b23-13+. The van der Waals surface area contributed by atoms with Crippen molar-refractivity contribution in [2.75, 3.05) is 27.9 Å². The summed E-state index contributed by atoms with van der Waals surface area (Å²) >= 11 is 3.53. The van der Waals surface area contributed by atoms with E-state index in [1.54, 1.807) is 27.5 Å². The van der Waals surface area contributed by atoms with Crippen molar-refractivity contribution in [3.05, 3.63) is 45.9 Å². The van der Waals surface area contributed by atoms with Gasteiger partial charge in [-0.15, -0.1) is 0 Å². The van der Waals surface area contributed by atoms with Gasteiger partial charge < -0.3 is 24.4 Å². The molecule has 146 valence electrons. The molecule has 0 spiro atoms.